The molecule has 11 heteroatoms. The van der Waals surface area contributed by atoms with E-state index in [2.05, 4.69) is 26.7 Å². The fourth-order valence-corrected chi connectivity index (χ4v) is 4.03. The fourth-order valence-electron chi connectivity index (χ4n) is 4.03. The van der Waals surface area contributed by atoms with E-state index >= 15 is 0 Å². The maximum absolute atomic E-state index is 12.7. The number of methoxy groups -OCH3 is 1. The smallest absolute Gasteiger partial charge is 0.329 e. The Morgan fingerprint density at radius 2 is 1.79 bits per heavy atom. The Bertz CT molecular complexity index is 1210. The number of aromatic nitrogens is 4. The summed E-state index contributed by atoms with van der Waals surface area (Å²) in [5.41, 5.74) is -0.501. The van der Waals surface area contributed by atoms with E-state index < -0.39 is 17.4 Å². The summed E-state index contributed by atoms with van der Waals surface area (Å²) < 4.78 is 13.9. The normalized spacial score (nSPS) is 15.7. The van der Waals surface area contributed by atoms with E-state index in [1.54, 1.807) is 43.0 Å². The van der Waals surface area contributed by atoms with E-state index in [9.17, 15) is 14.7 Å². The second kappa shape index (κ2) is 9.67. The second-order valence-electron chi connectivity index (χ2n) is 8.07. The van der Waals surface area contributed by atoms with Gasteiger partial charge in [0.2, 0.25) is 5.95 Å². The van der Waals surface area contributed by atoms with Crippen LogP contribution in [0.15, 0.2) is 33.9 Å². The lowest BCUT2D eigenvalue weighted by Crippen LogP contribution is -2.47. The van der Waals surface area contributed by atoms with Gasteiger partial charge in [0.1, 0.15) is 24.2 Å². The number of aliphatic hydroxyl groups is 1. The first-order valence-electron chi connectivity index (χ1n) is 11.0. The molecule has 178 valence electrons. The summed E-state index contributed by atoms with van der Waals surface area (Å²) in [6, 6.07) is 7.08. The lowest BCUT2D eigenvalue weighted by Gasteiger charge is -2.35. The molecule has 3 heterocycles. The van der Waals surface area contributed by atoms with Crippen molar-refractivity contribution in [2.24, 2.45) is 7.05 Å². The number of nitrogens with zero attached hydrogens (tertiary/aromatic N) is 5. The number of anilines is 1. The van der Waals surface area contributed by atoms with Gasteiger partial charge in [-0.2, -0.15) is 4.98 Å². The highest BCUT2D eigenvalue weighted by atomic mass is 16.5. The molecule has 0 spiro atoms. The minimum absolute atomic E-state index is 0.0265. The van der Waals surface area contributed by atoms with Crippen molar-refractivity contribution in [3.8, 4) is 11.5 Å². The lowest BCUT2D eigenvalue weighted by atomic mass is 10.3. The van der Waals surface area contributed by atoms with Gasteiger partial charge in [0.25, 0.3) is 5.56 Å². The number of aliphatic hydroxyl groups excluding tert-OH is 1. The topological polar surface area (TPSA) is 118 Å². The molecular formula is C22H30N6O5. The van der Waals surface area contributed by atoms with Crippen molar-refractivity contribution in [2.45, 2.75) is 19.6 Å². The van der Waals surface area contributed by atoms with Crippen molar-refractivity contribution in [1.82, 2.24) is 24.0 Å². The van der Waals surface area contributed by atoms with Crippen LogP contribution in [0.1, 0.15) is 6.92 Å². The molecule has 33 heavy (non-hydrogen) atoms. The molecule has 0 unspecified atom stereocenters. The van der Waals surface area contributed by atoms with Crippen LogP contribution >= 0.6 is 0 Å². The molecule has 2 aromatic heterocycles. The number of H-pyrrole nitrogens is 1. The van der Waals surface area contributed by atoms with Gasteiger partial charge in [-0.25, -0.2) is 4.79 Å². The zero-order valence-corrected chi connectivity index (χ0v) is 19.2. The highest BCUT2D eigenvalue weighted by Crippen LogP contribution is 2.22. The molecule has 1 aliphatic heterocycles. The number of fused-ring (bicyclic) bond motifs is 1. The number of likely N-dealkylation sites (N-methyl/N-ethyl adjacent to an activating group) is 1. The Morgan fingerprint density at radius 3 is 2.42 bits per heavy atom. The summed E-state index contributed by atoms with van der Waals surface area (Å²) in [5.74, 6) is 1.88. The van der Waals surface area contributed by atoms with Gasteiger partial charge in [-0.3, -0.25) is 14.3 Å². The van der Waals surface area contributed by atoms with Gasteiger partial charge in [-0.05, 0) is 30.8 Å². The van der Waals surface area contributed by atoms with Gasteiger partial charge < -0.3 is 28.9 Å². The Balaban J connectivity index is 1.61. The van der Waals surface area contributed by atoms with Crippen LogP contribution in [0.25, 0.3) is 11.2 Å². The van der Waals surface area contributed by atoms with Crippen LogP contribution in [0.2, 0.25) is 0 Å². The van der Waals surface area contributed by atoms with Gasteiger partial charge in [0, 0.05) is 33.2 Å². The molecule has 1 atom stereocenters. The minimum atomic E-state index is -0.906. The minimum Gasteiger partial charge on any atom is -0.497 e. The molecule has 1 fully saturated rings. The molecule has 2 N–H and O–H groups in total. The zero-order chi connectivity index (χ0) is 23.5. The third kappa shape index (κ3) is 4.74. The summed E-state index contributed by atoms with van der Waals surface area (Å²) in [5, 5.41) is 10.8. The predicted octanol–water partition coefficient (Wildman–Crippen LogP) is 0.0137. The molecular weight excluding hydrogens is 428 g/mol. The number of aromatic amines is 1. The first-order valence-corrected chi connectivity index (χ1v) is 11.0. The van der Waals surface area contributed by atoms with Crippen LogP contribution < -0.4 is 25.6 Å². The van der Waals surface area contributed by atoms with Crippen LogP contribution in [0.5, 0.6) is 11.5 Å². The molecule has 0 radical (unpaired) electrons. The number of benzene rings is 1. The average Bonchev–Trinajstić information content (AvgIpc) is 3.21. The first kappa shape index (κ1) is 22.9. The molecule has 0 aliphatic carbocycles. The highest BCUT2D eigenvalue weighted by molar-refractivity contribution is 5.74. The number of rotatable bonds is 8. The Kier molecular flexibility index (Phi) is 6.70. The van der Waals surface area contributed by atoms with E-state index in [0.29, 0.717) is 23.1 Å². The van der Waals surface area contributed by atoms with E-state index in [0.717, 1.165) is 32.7 Å². The summed E-state index contributed by atoms with van der Waals surface area (Å²) in [7, 11) is 3.16. The number of nitrogens with one attached hydrogen (secondary N) is 1. The van der Waals surface area contributed by atoms with Gasteiger partial charge in [0.05, 0.1) is 13.7 Å². The Morgan fingerprint density at radius 1 is 1.12 bits per heavy atom. The summed E-state index contributed by atoms with van der Waals surface area (Å²) >= 11 is 0. The highest BCUT2D eigenvalue weighted by Gasteiger charge is 2.25. The Labute approximate surface area is 190 Å². The molecule has 3 aromatic rings. The third-order valence-corrected chi connectivity index (χ3v) is 5.98. The second-order valence-corrected chi connectivity index (χ2v) is 8.07. The number of piperazine rings is 1. The molecule has 1 saturated heterocycles. The fraction of sp³-hybridized carbons (Fsp3) is 0.500. The molecule has 0 saturated carbocycles. The Hall–Kier alpha value is -3.31. The number of imidazole rings is 1. The van der Waals surface area contributed by atoms with Crippen molar-refractivity contribution in [2.75, 3.05) is 51.3 Å². The van der Waals surface area contributed by atoms with Crippen molar-refractivity contribution in [1.29, 1.82) is 0 Å². The van der Waals surface area contributed by atoms with Crippen molar-refractivity contribution in [3.05, 3.63) is 45.1 Å². The van der Waals surface area contributed by atoms with Gasteiger partial charge in [-0.1, -0.05) is 6.92 Å². The molecule has 11 nitrogen and oxygen atoms in total. The standard InChI is InChI=1S/C22H30N6O5/c1-4-26-9-11-27(12-10-26)21-23-19-18(20(30)24-22(31)25(19)2)28(21)13-15(29)14-33-17-7-5-16(32-3)6-8-17/h5-8,15,29H,4,9-14H2,1-3H3,(H,24,30,31)/t15-/m0/s1. The average molecular weight is 459 g/mol. The molecule has 4 rings (SSSR count). The van der Waals surface area contributed by atoms with E-state index in [-0.39, 0.29) is 18.7 Å². The third-order valence-electron chi connectivity index (χ3n) is 5.98. The van der Waals surface area contributed by atoms with Crippen LogP contribution in [0, 0.1) is 0 Å². The number of hydrogen-bond acceptors (Lipinski definition) is 8. The molecule has 1 aliphatic rings. The summed E-state index contributed by atoms with van der Waals surface area (Å²) in [6.07, 6.45) is -0.906. The number of aryl methyl sites for hydroxylation is 1. The number of ether oxygens (including phenoxy) is 2. The van der Waals surface area contributed by atoms with E-state index in [4.69, 9.17) is 9.47 Å². The largest absolute Gasteiger partial charge is 0.497 e. The molecule has 1 aromatic carbocycles. The van der Waals surface area contributed by atoms with Crippen molar-refractivity contribution < 1.29 is 14.6 Å². The monoisotopic (exact) mass is 458 g/mol. The zero-order valence-electron chi connectivity index (χ0n) is 19.2. The summed E-state index contributed by atoms with van der Waals surface area (Å²) in [4.78, 5) is 36.2. The van der Waals surface area contributed by atoms with Crippen LogP contribution in [0.4, 0.5) is 5.95 Å². The van der Waals surface area contributed by atoms with Crippen molar-refractivity contribution in [3.63, 3.8) is 0 Å². The molecule has 0 amide bonds. The lowest BCUT2D eigenvalue weighted by molar-refractivity contribution is 0.0935. The SMILES string of the molecule is CCN1CCN(c2nc3c(c(=O)[nH]c(=O)n3C)n2C[C@H](O)COc2ccc(OC)cc2)CC1. The van der Waals surface area contributed by atoms with Crippen LogP contribution in [-0.4, -0.2) is 81.7 Å². The molecule has 0 bridgehead atoms. The maximum Gasteiger partial charge on any atom is 0.329 e. The number of hydrogen-bond donors (Lipinski definition) is 2. The summed E-state index contributed by atoms with van der Waals surface area (Å²) in [6.45, 7) is 6.44. The van der Waals surface area contributed by atoms with Gasteiger partial charge in [0.15, 0.2) is 11.2 Å². The first-order chi connectivity index (χ1) is 15.9. The quantitative estimate of drug-likeness (QED) is 0.485. The van der Waals surface area contributed by atoms with Crippen LogP contribution in [0.3, 0.4) is 0 Å². The van der Waals surface area contributed by atoms with Crippen LogP contribution in [-0.2, 0) is 13.6 Å². The predicted molar refractivity (Wildman–Crippen MR) is 124 cm³/mol. The van der Waals surface area contributed by atoms with Gasteiger partial charge >= 0.3 is 5.69 Å². The van der Waals surface area contributed by atoms with Gasteiger partial charge in [-0.15, -0.1) is 0 Å². The van der Waals surface area contributed by atoms with Crippen molar-refractivity contribution >= 4 is 17.1 Å². The van der Waals surface area contributed by atoms with E-state index in [1.165, 1.54) is 4.57 Å². The van der Waals surface area contributed by atoms with E-state index in [1.807, 2.05) is 0 Å². The maximum atomic E-state index is 12.7.